The molecule has 3 heteroatoms. The number of nitrogens with one attached hydrogen (secondary N) is 1. The molecule has 2 aromatic rings. The molecule has 0 aromatic heterocycles. The van der Waals surface area contributed by atoms with E-state index in [9.17, 15) is 4.79 Å². The van der Waals surface area contributed by atoms with Crippen LogP contribution in [0, 0.1) is 17.8 Å². The number of carbonyl (C=O) groups excluding carboxylic acids is 1. The van der Waals surface area contributed by atoms with E-state index >= 15 is 0 Å². The number of hydrogen-bond donors (Lipinski definition) is 1. The normalized spacial score (nSPS) is 18.5. The topological polar surface area (TPSA) is 38.3 Å². The summed E-state index contributed by atoms with van der Waals surface area (Å²) in [4.78, 5) is 12.8. The SMILES string of the molecule is CC(C)CC(C)C(=O)C(C)CC1NC(c2ccccc2)=C(c2ccccc2)O1. The number of hydrogen-bond acceptors (Lipinski definition) is 3. The van der Waals surface area contributed by atoms with E-state index in [1.54, 1.807) is 0 Å². The Bertz CT molecular complexity index is 759. The highest BCUT2D eigenvalue weighted by molar-refractivity contribution is 5.88. The Morgan fingerprint density at radius 1 is 0.893 bits per heavy atom. The monoisotopic (exact) mass is 377 g/mol. The summed E-state index contributed by atoms with van der Waals surface area (Å²) in [6.07, 6.45) is 1.40. The fourth-order valence-electron chi connectivity index (χ4n) is 3.93. The third-order valence-electron chi connectivity index (χ3n) is 5.25. The Morgan fingerprint density at radius 2 is 1.46 bits per heavy atom. The van der Waals surface area contributed by atoms with Gasteiger partial charge in [0.25, 0.3) is 0 Å². The van der Waals surface area contributed by atoms with E-state index in [2.05, 4.69) is 43.4 Å². The highest BCUT2D eigenvalue weighted by Crippen LogP contribution is 2.34. The first-order valence-corrected chi connectivity index (χ1v) is 10.3. The quantitative estimate of drug-likeness (QED) is 0.638. The van der Waals surface area contributed by atoms with E-state index in [0.717, 1.165) is 29.0 Å². The molecule has 3 rings (SSSR count). The summed E-state index contributed by atoms with van der Waals surface area (Å²) >= 11 is 0. The number of ketones is 1. The molecule has 0 radical (unpaired) electrons. The maximum absolute atomic E-state index is 12.8. The Labute approximate surface area is 168 Å². The molecule has 3 unspecified atom stereocenters. The van der Waals surface area contributed by atoms with Gasteiger partial charge in [-0.1, -0.05) is 88.4 Å². The second-order valence-electron chi connectivity index (χ2n) is 8.26. The van der Waals surface area contributed by atoms with E-state index in [1.165, 1.54) is 0 Å². The molecule has 0 fully saturated rings. The van der Waals surface area contributed by atoms with Crippen molar-refractivity contribution in [2.75, 3.05) is 0 Å². The van der Waals surface area contributed by atoms with Crippen molar-refractivity contribution in [2.45, 2.75) is 46.8 Å². The van der Waals surface area contributed by atoms with Crippen molar-refractivity contribution in [3.8, 4) is 0 Å². The molecule has 1 aliphatic rings. The Kier molecular flexibility index (Phi) is 6.56. The van der Waals surface area contributed by atoms with Gasteiger partial charge in [0, 0.05) is 29.4 Å². The van der Waals surface area contributed by atoms with Crippen molar-refractivity contribution in [1.82, 2.24) is 5.32 Å². The Balaban J connectivity index is 1.76. The highest BCUT2D eigenvalue weighted by Gasteiger charge is 2.31. The summed E-state index contributed by atoms with van der Waals surface area (Å²) < 4.78 is 6.31. The minimum atomic E-state index is -0.199. The largest absolute Gasteiger partial charge is 0.468 e. The number of benzene rings is 2. The molecule has 28 heavy (non-hydrogen) atoms. The van der Waals surface area contributed by atoms with Crippen molar-refractivity contribution < 1.29 is 9.53 Å². The van der Waals surface area contributed by atoms with Crippen LogP contribution in [0.2, 0.25) is 0 Å². The lowest BCUT2D eigenvalue weighted by Gasteiger charge is -2.21. The molecule has 0 bridgehead atoms. The van der Waals surface area contributed by atoms with E-state index in [-0.39, 0.29) is 18.1 Å². The fraction of sp³-hybridized carbons (Fsp3) is 0.400. The predicted molar refractivity (Wildman–Crippen MR) is 115 cm³/mol. The van der Waals surface area contributed by atoms with E-state index in [1.807, 2.05) is 50.2 Å². The predicted octanol–water partition coefficient (Wildman–Crippen LogP) is 5.74. The molecule has 3 nitrogen and oxygen atoms in total. The molecule has 0 aliphatic carbocycles. The zero-order valence-electron chi connectivity index (χ0n) is 17.3. The first kappa shape index (κ1) is 20.2. The van der Waals surface area contributed by atoms with Gasteiger partial charge < -0.3 is 10.1 Å². The van der Waals surface area contributed by atoms with Crippen LogP contribution in [-0.4, -0.2) is 12.0 Å². The second kappa shape index (κ2) is 9.09. The molecule has 0 spiro atoms. The minimum Gasteiger partial charge on any atom is -0.468 e. The van der Waals surface area contributed by atoms with Gasteiger partial charge in [-0.05, 0) is 12.3 Å². The van der Waals surface area contributed by atoms with Crippen LogP contribution in [0.3, 0.4) is 0 Å². The maximum Gasteiger partial charge on any atom is 0.170 e. The van der Waals surface area contributed by atoms with Crippen molar-refractivity contribution in [3.05, 3.63) is 71.8 Å². The number of rotatable bonds is 8. The molecular formula is C25H31NO2. The third-order valence-corrected chi connectivity index (χ3v) is 5.25. The van der Waals surface area contributed by atoms with Crippen LogP contribution in [-0.2, 0) is 9.53 Å². The first-order valence-electron chi connectivity index (χ1n) is 10.3. The molecule has 2 aromatic carbocycles. The molecule has 1 heterocycles. The highest BCUT2D eigenvalue weighted by atomic mass is 16.5. The molecule has 148 valence electrons. The van der Waals surface area contributed by atoms with Gasteiger partial charge in [0.05, 0.1) is 5.70 Å². The van der Waals surface area contributed by atoms with Gasteiger partial charge in [-0.15, -0.1) is 0 Å². The van der Waals surface area contributed by atoms with Gasteiger partial charge in [-0.3, -0.25) is 4.79 Å². The van der Waals surface area contributed by atoms with Gasteiger partial charge in [-0.2, -0.15) is 0 Å². The van der Waals surface area contributed by atoms with Gasteiger partial charge in [0.15, 0.2) is 12.0 Å². The van der Waals surface area contributed by atoms with Crippen LogP contribution >= 0.6 is 0 Å². The maximum atomic E-state index is 12.8. The molecule has 0 amide bonds. The average molecular weight is 378 g/mol. The molecular weight excluding hydrogens is 346 g/mol. The number of ether oxygens (including phenoxy) is 1. The molecule has 1 N–H and O–H groups in total. The van der Waals surface area contributed by atoms with Gasteiger partial charge in [-0.25, -0.2) is 0 Å². The summed E-state index contributed by atoms with van der Waals surface area (Å²) in [5.74, 6) is 1.76. The molecule has 0 saturated carbocycles. The summed E-state index contributed by atoms with van der Waals surface area (Å²) in [5, 5.41) is 3.53. The molecule has 0 saturated heterocycles. The van der Waals surface area contributed by atoms with Crippen LogP contribution < -0.4 is 5.32 Å². The summed E-state index contributed by atoms with van der Waals surface area (Å²) in [5.41, 5.74) is 3.13. The van der Waals surface area contributed by atoms with Crippen molar-refractivity contribution in [3.63, 3.8) is 0 Å². The zero-order valence-corrected chi connectivity index (χ0v) is 17.3. The summed E-state index contributed by atoms with van der Waals surface area (Å²) in [6, 6.07) is 20.4. The zero-order chi connectivity index (χ0) is 20.1. The van der Waals surface area contributed by atoms with E-state index in [0.29, 0.717) is 18.1 Å². The van der Waals surface area contributed by atoms with E-state index in [4.69, 9.17) is 4.74 Å². The minimum absolute atomic E-state index is 0.0432. The lowest BCUT2D eigenvalue weighted by atomic mass is 9.87. The van der Waals surface area contributed by atoms with Crippen LogP contribution in [0.15, 0.2) is 60.7 Å². The number of carbonyl (C=O) groups is 1. The molecule has 1 aliphatic heterocycles. The van der Waals surface area contributed by atoms with Crippen molar-refractivity contribution in [2.24, 2.45) is 17.8 Å². The van der Waals surface area contributed by atoms with Gasteiger partial charge in [0.1, 0.15) is 5.78 Å². The first-order chi connectivity index (χ1) is 13.5. The fourth-order valence-corrected chi connectivity index (χ4v) is 3.93. The Hall–Kier alpha value is -2.55. The standard InChI is InChI=1S/C25H31NO2/c1-17(2)15-18(3)24(27)19(4)16-22-26-23(20-11-7-5-8-12-20)25(28-22)21-13-9-6-10-14-21/h5-14,17-19,22,26H,15-16H2,1-4H3. The van der Waals surface area contributed by atoms with Crippen LogP contribution in [0.5, 0.6) is 0 Å². The average Bonchev–Trinajstić information content (AvgIpc) is 3.12. The summed E-state index contributed by atoms with van der Waals surface area (Å²) in [6.45, 7) is 8.40. The summed E-state index contributed by atoms with van der Waals surface area (Å²) in [7, 11) is 0. The van der Waals surface area contributed by atoms with Crippen molar-refractivity contribution >= 4 is 17.2 Å². The second-order valence-corrected chi connectivity index (χ2v) is 8.26. The number of Topliss-reactive ketones (excluding diaryl/α,β-unsaturated/α-hetero) is 1. The van der Waals surface area contributed by atoms with Crippen LogP contribution in [0.4, 0.5) is 0 Å². The van der Waals surface area contributed by atoms with Crippen LogP contribution in [0.25, 0.3) is 11.5 Å². The smallest absolute Gasteiger partial charge is 0.170 e. The van der Waals surface area contributed by atoms with Crippen LogP contribution in [0.1, 0.15) is 51.7 Å². The Morgan fingerprint density at radius 3 is 2.04 bits per heavy atom. The lowest BCUT2D eigenvalue weighted by molar-refractivity contribution is -0.127. The lowest BCUT2D eigenvalue weighted by Crippen LogP contribution is -2.30. The molecule has 3 atom stereocenters. The van der Waals surface area contributed by atoms with Gasteiger partial charge in [0.2, 0.25) is 0 Å². The van der Waals surface area contributed by atoms with Gasteiger partial charge >= 0.3 is 0 Å². The van der Waals surface area contributed by atoms with E-state index < -0.39 is 0 Å². The third kappa shape index (κ3) is 4.83. The van der Waals surface area contributed by atoms with Crippen molar-refractivity contribution in [1.29, 1.82) is 0 Å².